The molecule has 0 spiro atoms. The molecule has 0 aromatic heterocycles. The van der Waals surface area contributed by atoms with Crippen LogP contribution in [-0.4, -0.2) is 19.1 Å². The van der Waals surface area contributed by atoms with Crippen LogP contribution in [0.1, 0.15) is 39.0 Å². The highest BCUT2D eigenvalue weighted by atomic mass is 14.8. The van der Waals surface area contributed by atoms with Crippen molar-refractivity contribution < 1.29 is 0 Å². The fraction of sp³-hybridized carbons (Fsp3) is 1.00. The van der Waals surface area contributed by atoms with Crippen molar-refractivity contribution in [2.45, 2.75) is 45.1 Å². The Morgan fingerprint density at radius 2 is 2.25 bits per heavy atom. The Labute approximate surface area is 75.9 Å². The molecular weight excluding hydrogens is 148 g/mol. The van der Waals surface area contributed by atoms with Crippen molar-refractivity contribution in [2.24, 2.45) is 11.7 Å². The fourth-order valence-electron chi connectivity index (χ4n) is 1.88. The fourth-order valence-corrected chi connectivity index (χ4v) is 1.88. The van der Waals surface area contributed by atoms with E-state index in [0.29, 0.717) is 6.04 Å². The Morgan fingerprint density at radius 3 is 3.00 bits per heavy atom. The first kappa shape index (κ1) is 10.0. The molecule has 72 valence electrons. The molecule has 0 bridgehead atoms. The van der Waals surface area contributed by atoms with Crippen LogP contribution in [0.5, 0.6) is 0 Å². The Balaban J connectivity index is 2.12. The van der Waals surface area contributed by atoms with Gasteiger partial charge in [-0.05, 0) is 58.0 Å². The first-order valence-corrected chi connectivity index (χ1v) is 5.25. The summed E-state index contributed by atoms with van der Waals surface area (Å²) in [4.78, 5) is 0. The molecule has 1 saturated heterocycles. The zero-order valence-corrected chi connectivity index (χ0v) is 8.18. The molecule has 0 aromatic carbocycles. The minimum absolute atomic E-state index is 0.390. The molecule has 1 heterocycles. The molecule has 2 atom stereocenters. The van der Waals surface area contributed by atoms with E-state index in [1.165, 1.54) is 45.2 Å². The number of hydrogen-bond donors (Lipinski definition) is 2. The third-order valence-electron chi connectivity index (χ3n) is 2.73. The monoisotopic (exact) mass is 170 g/mol. The molecule has 1 rings (SSSR count). The molecule has 3 N–H and O–H groups in total. The summed E-state index contributed by atoms with van der Waals surface area (Å²) >= 11 is 0. The average molecular weight is 170 g/mol. The predicted molar refractivity (Wildman–Crippen MR) is 53.1 cm³/mol. The Morgan fingerprint density at radius 1 is 1.42 bits per heavy atom. The Bertz CT molecular complexity index is 104. The smallest absolute Gasteiger partial charge is 0.00105 e. The molecular formula is C10H22N2. The van der Waals surface area contributed by atoms with Gasteiger partial charge in [-0.15, -0.1) is 0 Å². The van der Waals surface area contributed by atoms with Crippen LogP contribution < -0.4 is 11.1 Å². The van der Waals surface area contributed by atoms with Gasteiger partial charge in [0.25, 0.3) is 0 Å². The van der Waals surface area contributed by atoms with Gasteiger partial charge in [0.05, 0.1) is 0 Å². The molecule has 1 fully saturated rings. The van der Waals surface area contributed by atoms with Gasteiger partial charge in [-0.1, -0.05) is 0 Å². The van der Waals surface area contributed by atoms with Gasteiger partial charge in [-0.3, -0.25) is 0 Å². The van der Waals surface area contributed by atoms with E-state index in [2.05, 4.69) is 12.2 Å². The molecule has 1 aliphatic rings. The van der Waals surface area contributed by atoms with E-state index in [4.69, 9.17) is 5.73 Å². The number of nitrogens with two attached hydrogens (primary N) is 1. The first-order valence-electron chi connectivity index (χ1n) is 5.25. The topological polar surface area (TPSA) is 38.0 Å². The van der Waals surface area contributed by atoms with E-state index >= 15 is 0 Å². The van der Waals surface area contributed by atoms with Gasteiger partial charge in [0.2, 0.25) is 0 Å². The minimum Gasteiger partial charge on any atom is -0.328 e. The minimum atomic E-state index is 0.390. The normalized spacial score (nSPS) is 28.0. The highest BCUT2D eigenvalue weighted by molar-refractivity contribution is 4.68. The van der Waals surface area contributed by atoms with Crippen molar-refractivity contribution in [1.29, 1.82) is 0 Å². The van der Waals surface area contributed by atoms with E-state index in [0.717, 1.165) is 5.92 Å². The first-order chi connectivity index (χ1) is 5.79. The molecule has 0 amide bonds. The molecule has 12 heavy (non-hydrogen) atoms. The molecule has 2 heteroatoms. The molecule has 0 radical (unpaired) electrons. The lowest BCUT2D eigenvalue weighted by atomic mass is 9.94. The zero-order valence-electron chi connectivity index (χ0n) is 8.18. The van der Waals surface area contributed by atoms with Gasteiger partial charge >= 0.3 is 0 Å². The van der Waals surface area contributed by atoms with Crippen molar-refractivity contribution in [1.82, 2.24) is 5.32 Å². The quantitative estimate of drug-likeness (QED) is 0.673. The van der Waals surface area contributed by atoms with Crippen LogP contribution in [0, 0.1) is 5.92 Å². The van der Waals surface area contributed by atoms with E-state index in [1.54, 1.807) is 0 Å². The van der Waals surface area contributed by atoms with Gasteiger partial charge in [0.15, 0.2) is 0 Å². The van der Waals surface area contributed by atoms with Crippen molar-refractivity contribution >= 4 is 0 Å². The van der Waals surface area contributed by atoms with Gasteiger partial charge < -0.3 is 11.1 Å². The van der Waals surface area contributed by atoms with Crippen LogP contribution in [0.3, 0.4) is 0 Å². The third kappa shape index (κ3) is 4.07. The van der Waals surface area contributed by atoms with Crippen LogP contribution in [-0.2, 0) is 0 Å². The molecule has 0 aromatic rings. The molecule has 0 saturated carbocycles. The van der Waals surface area contributed by atoms with Crippen LogP contribution >= 0.6 is 0 Å². The van der Waals surface area contributed by atoms with E-state index < -0.39 is 0 Å². The SMILES string of the molecule is CC(N)CCC1CCCNCC1. The van der Waals surface area contributed by atoms with Gasteiger partial charge in [-0.2, -0.15) is 0 Å². The molecule has 2 nitrogen and oxygen atoms in total. The maximum Gasteiger partial charge on any atom is 0.00105 e. The predicted octanol–water partition coefficient (Wildman–Crippen LogP) is 1.50. The maximum atomic E-state index is 5.73. The van der Waals surface area contributed by atoms with Crippen LogP contribution in [0.2, 0.25) is 0 Å². The Hall–Kier alpha value is -0.0800. The van der Waals surface area contributed by atoms with E-state index in [-0.39, 0.29) is 0 Å². The summed E-state index contributed by atoms with van der Waals surface area (Å²) in [6.45, 7) is 4.53. The number of rotatable bonds is 3. The van der Waals surface area contributed by atoms with Crippen molar-refractivity contribution in [2.75, 3.05) is 13.1 Å². The second kappa shape index (κ2) is 5.55. The van der Waals surface area contributed by atoms with Gasteiger partial charge in [0.1, 0.15) is 0 Å². The second-order valence-electron chi connectivity index (χ2n) is 4.10. The summed E-state index contributed by atoms with van der Waals surface area (Å²) in [5.41, 5.74) is 5.73. The summed E-state index contributed by atoms with van der Waals surface area (Å²) in [5.74, 6) is 0.936. The molecule has 0 aliphatic carbocycles. The van der Waals surface area contributed by atoms with E-state index in [9.17, 15) is 0 Å². The number of nitrogens with one attached hydrogen (secondary N) is 1. The van der Waals surface area contributed by atoms with Crippen LogP contribution in [0.25, 0.3) is 0 Å². The van der Waals surface area contributed by atoms with Crippen molar-refractivity contribution in [3.63, 3.8) is 0 Å². The zero-order chi connectivity index (χ0) is 8.81. The Kier molecular flexibility index (Phi) is 4.62. The third-order valence-corrected chi connectivity index (χ3v) is 2.73. The lowest BCUT2D eigenvalue weighted by Crippen LogP contribution is -2.17. The maximum absolute atomic E-state index is 5.73. The summed E-state index contributed by atoms with van der Waals surface area (Å²) < 4.78 is 0. The van der Waals surface area contributed by atoms with Gasteiger partial charge in [-0.25, -0.2) is 0 Å². The van der Waals surface area contributed by atoms with Crippen molar-refractivity contribution in [3.05, 3.63) is 0 Å². The summed E-state index contributed by atoms with van der Waals surface area (Å²) in [5, 5.41) is 3.43. The van der Waals surface area contributed by atoms with Crippen LogP contribution in [0.4, 0.5) is 0 Å². The average Bonchev–Trinajstić information content (AvgIpc) is 2.28. The molecule has 2 unspecified atom stereocenters. The summed E-state index contributed by atoms with van der Waals surface area (Å²) in [6.07, 6.45) is 6.64. The lowest BCUT2D eigenvalue weighted by Gasteiger charge is -2.14. The van der Waals surface area contributed by atoms with Gasteiger partial charge in [0, 0.05) is 6.04 Å². The van der Waals surface area contributed by atoms with Crippen LogP contribution in [0.15, 0.2) is 0 Å². The summed E-state index contributed by atoms with van der Waals surface area (Å²) in [6, 6.07) is 0.390. The second-order valence-corrected chi connectivity index (χ2v) is 4.10. The van der Waals surface area contributed by atoms with Crippen molar-refractivity contribution in [3.8, 4) is 0 Å². The van der Waals surface area contributed by atoms with E-state index in [1.807, 2.05) is 0 Å². The molecule has 1 aliphatic heterocycles. The highest BCUT2D eigenvalue weighted by Gasteiger charge is 2.11. The lowest BCUT2D eigenvalue weighted by molar-refractivity contribution is 0.410. The largest absolute Gasteiger partial charge is 0.328 e. The number of hydrogen-bond acceptors (Lipinski definition) is 2. The standard InChI is InChI=1S/C10H22N2/c1-9(11)4-5-10-3-2-7-12-8-6-10/h9-10,12H,2-8,11H2,1H3. The summed E-state index contributed by atoms with van der Waals surface area (Å²) in [7, 11) is 0. The highest BCUT2D eigenvalue weighted by Crippen LogP contribution is 2.19.